The molecule has 3 unspecified atom stereocenters. The van der Waals surface area contributed by atoms with Gasteiger partial charge < -0.3 is 14.8 Å². The van der Waals surface area contributed by atoms with Crippen molar-refractivity contribution >= 4 is 11.3 Å². The van der Waals surface area contributed by atoms with Crippen molar-refractivity contribution in [3.8, 4) is 0 Å². The van der Waals surface area contributed by atoms with E-state index in [1.165, 1.54) is 11.1 Å². The van der Waals surface area contributed by atoms with Crippen molar-refractivity contribution in [1.29, 1.82) is 0 Å². The second-order valence-corrected chi connectivity index (χ2v) is 6.43. The van der Waals surface area contributed by atoms with Gasteiger partial charge >= 0.3 is 0 Å². The number of aliphatic hydroxyl groups excluding tert-OH is 1. The van der Waals surface area contributed by atoms with Gasteiger partial charge in [0.2, 0.25) is 0 Å². The number of anilines is 1. The van der Waals surface area contributed by atoms with Gasteiger partial charge in [0.25, 0.3) is 0 Å². The van der Waals surface area contributed by atoms with Crippen LogP contribution in [0.15, 0.2) is 42.6 Å². The molecule has 1 aliphatic rings. The molecule has 0 radical (unpaired) electrons. The smallest absolute Gasteiger partial charge is 0.160 e. The average Bonchev–Trinajstić information content (AvgIpc) is 2.99. The molecule has 23 heavy (non-hydrogen) atoms. The highest BCUT2D eigenvalue weighted by Gasteiger charge is 2.37. The normalized spacial score (nSPS) is 23.2. The van der Waals surface area contributed by atoms with E-state index >= 15 is 0 Å². The van der Waals surface area contributed by atoms with E-state index in [-0.39, 0.29) is 12.0 Å². The number of aryl methyl sites for hydroxylation is 2. The van der Waals surface area contributed by atoms with E-state index < -0.39 is 6.10 Å². The molecule has 118 valence electrons. The third kappa shape index (κ3) is 2.05. The first-order valence-corrected chi connectivity index (χ1v) is 8.05. The minimum absolute atomic E-state index is 0.107. The summed E-state index contributed by atoms with van der Waals surface area (Å²) in [6.07, 6.45) is 1.59. The lowest BCUT2D eigenvalue weighted by Crippen LogP contribution is -2.23. The van der Waals surface area contributed by atoms with Gasteiger partial charge in [-0.15, -0.1) is 0 Å². The molecule has 4 nitrogen and oxygen atoms in total. The zero-order valence-electron chi connectivity index (χ0n) is 13.6. The van der Waals surface area contributed by atoms with Gasteiger partial charge in [0.05, 0.1) is 23.5 Å². The Morgan fingerprint density at radius 1 is 1.09 bits per heavy atom. The van der Waals surface area contributed by atoms with Gasteiger partial charge in [-0.1, -0.05) is 31.2 Å². The molecule has 0 amide bonds. The lowest BCUT2D eigenvalue weighted by atomic mass is 10.0. The molecule has 2 N–H and O–H groups in total. The van der Waals surface area contributed by atoms with Gasteiger partial charge in [-0.2, -0.15) is 0 Å². The summed E-state index contributed by atoms with van der Waals surface area (Å²) >= 11 is 0. The van der Waals surface area contributed by atoms with Crippen LogP contribution in [0.4, 0.5) is 5.69 Å². The average molecular weight is 307 g/mol. The van der Waals surface area contributed by atoms with E-state index in [1.54, 1.807) is 0 Å². The molecule has 4 heteroatoms. The summed E-state index contributed by atoms with van der Waals surface area (Å²) < 4.78 is 2.09. The lowest BCUT2D eigenvalue weighted by Gasteiger charge is -2.21. The Kier molecular flexibility index (Phi) is 3.16. The zero-order valence-corrected chi connectivity index (χ0v) is 13.6. The van der Waals surface area contributed by atoms with Crippen LogP contribution in [0.5, 0.6) is 0 Å². The molecule has 3 aromatic rings. The van der Waals surface area contributed by atoms with Crippen LogP contribution in [0.3, 0.4) is 0 Å². The fraction of sp³-hybridized carbons (Fsp3) is 0.316. The molecule has 1 aliphatic carbocycles. The van der Waals surface area contributed by atoms with Crippen molar-refractivity contribution in [2.45, 2.75) is 38.8 Å². The highest BCUT2D eigenvalue weighted by Crippen LogP contribution is 2.42. The SMILES string of the molecule is Cc1nc2c(NC3c4ccccc4C(C)C3O)cccn2c1C. The molecule has 4 rings (SSSR count). The van der Waals surface area contributed by atoms with Crippen LogP contribution in [0, 0.1) is 13.8 Å². The van der Waals surface area contributed by atoms with Gasteiger partial charge in [0, 0.05) is 17.8 Å². The third-order valence-electron chi connectivity index (χ3n) is 5.11. The van der Waals surface area contributed by atoms with Crippen molar-refractivity contribution in [1.82, 2.24) is 9.38 Å². The number of hydrogen-bond acceptors (Lipinski definition) is 3. The summed E-state index contributed by atoms with van der Waals surface area (Å²) in [4.78, 5) is 4.67. The number of imidazole rings is 1. The summed E-state index contributed by atoms with van der Waals surface area (Å²) in [5.74, 6) is 0.131. The monoisotopic (exact) mass is 307 g/mol. The van der Waals surface area contributed by atoms with E-state index in [4.69, 9.17) is 0 Å². The Morgan fingerprint density at radius 2 is 1.83 bits per heavy atom. The summed E-state index contributed by atoms with van der Waals surface area (Å²) in [5, 5.41) is 14.2. The molecule has 3 atom stereocenters. The molecule has 0 saturated carbocycles. The second-order valence-electron chi connectivity index (χ2n) is 6.43. The number of nitrogens with one attached hydrogen (secondary N) is 1. The van der Waals surface area contributed by atoms with Crippen LogP contribution in [0.1, 0.15) is 41.4 Å². The van der Waals surface area contributed by atoms with Crippen molar-refractivity contribution < 1.29 is 5.11 Å². The fourth-order valence-corrected chi connectivity index (χ4v) is 3.61. The summed E-state index contributed by atoms with van der Waals surface area (Å²) in [6, 6.07) is 12.2. The Balaban J connectivity index is 1.78. The molecule has 0 aliphatic heterocycles. The van der Waals surface area contributed by atoms with Crippen molar-refractivity contribution in [2.24, 2.45) is 0 Å². The first-order valence-electron chi connectivity index (χ1n) is 8.05. The number of nitrogens with zero attached hydrogens (tertiary/aromatic N) is 2. The highest BCUT2D eigenvalue weighted by atomic mass is 16.3. The van der Waals surface area contributed by atoms with Crippen LogP contribution in [-0.4, -0.2) is 20.6 Å². The quantitative estimate of drug-likeness (QED) is 0.761. The Bertz CT molecular complexity index is 883. The first kappa shape index (κ1) is 14.3. The predicted molar refractivity (Wildman–Crippen MR) is 91.9 cm³/mol. The number of aliphatic hydroxyl groups is 1. The number of hydrogen-bond donors (Lipinski definition) is 2. The molecule has 0 spiro atoms. The minimum atomic E-state index is -0.440. The summed E-state index contributed by atoms with van der Waals surface area (Å²) in [5.41, 5.74) is 6.43. The third-order valence-corrected chi connectivity index (χ3v) is 5.11. The van der Waals surface area contributed by atoms with Crippen molar-refractivity contribution in [3.05, 3.63) is 65.1 Å². The summed E-state index contributed by atoms with van der Waals surface area (Å²) in [6.45, 7) is 6.17. The molecule has 0 fully saturated rings. The van der Waals surface area contributed by atoms with Crippen LogP contribution < -0.4 is 5.32 Å². The molecular formula is C19H21N3O. The lowest BCUT2D eigenvalue weighted by molar-refractivity contribution is 0.143. The molecule has 0 bridgehead atoms. The molecule has 2 aromatic heterocycles. The van der Waals surface area contributed by atoms with E-state index in [1.807, 2.05) is 37.4 Å². The van der Waals surface area contributed by atoms with Crippen LogP contribution in [0.25, 0.3) is 5.65 Å². The molecular weight excluding hydrogens is 286 g/mol. The maximum Gasteiger partial charge on any atom is 0.160 e. The Hall–Kier alpha value is -2.33. The topological polar surface area (TPSA) is 49.6 Å². The number of rotatable bonds is 2. The standard InChI is InChI=1S/C19H21N3O/c1-11-14-7-4-5-8-15(14)17(18(11)23)21-16-9-6-10-22-13(3)12(2)20-19(16)22/h4-11,17-18,21,23H,1-3H3. The van der Waals surface area contributed by atoms with Gasteiger partial charge in [-0.25, -0.2) is 4.98 Å². The van der Waals surface area contributed by atoms with E-state index in [0.717, 1.165) is 22.7 Å². The Labute approximate surface area is 135 Å². The fourth-order valence-electron chi connectivity index (χ4n) is 3.61. The molecule has 0 saturated heterocycles. The van der Waals surface area contributed by atoms with Gasteiger partial charge in [0.15, 0.2) is 5.65 Å². The summed E-state index contributed by atoms with van der Waals surface area (Å²) in [7, 11) is 0. The number of fused-ring (bicyclic) bond motifs is 2. The van der Waals surface area contributed by atoms with E-state index in [9.17, 15) is 5.11 Å². The van der Waals surface area contributed by atoms with Gasteiger partial charge in [-0.3, -0.25) is 0 Å². The number of aromatic nitrogens is 2. The number of pyridine rings is 1. The van der Waals surface area contributed by atoms with Crippen LogP contribution >= 0.6 is 0 Å². The minimum Gasteiger partial charge on any atom is -0.390 e. The second kappa shape index (κ2) is 5.10. The van der Waals surface area contributed by atoms with E-state index in [2.05, 4.69) is 40.7 Å². The largest absolute Gasteiger partial charge is 0.390 e. The zero-order chi connectivity index (χ0) is 16.1. The predicted octanol–water partition coefficient (Wildman–Crippen LogP) is 3.58. The first-order chi connectivity index (χ1) is 11.1. The molecule has 1 aromatic carbocycles. The van der Waals surface area contributed by atoms with Crippen LogP contribution in [-0.2, 0) is 0 Å². The van der Waals surface area contributed by atoms with Crippen molar-refractivity contribution in [3.63, 3.8) is 0 Å². The van der Waals surface area contributed by atoms with Gasteiger partial charge in [-0.05, 0) is 37.1 Å². The van der Waals surface area contributed by atoms with Crippen molar-refractivity contribution in [2.75, 3.05) is 5.32 Å². The maximum absolute atomic E-state index is 10.7. The molecule has 2 heterocycles. The number of benzene rings is 1. The van der Waals surface area contributed by atoms with Crippen LogP contribution in [0.2, 0.25) is 0 Å². The Morgan fingerprint density at radius 3 is 2.61 bits per heavy atom. The van der Waals surface area contributed by atoms with E-state index in [0.29, 0.717) is 0 Å². The maximum atomic E-state index is 10.7. The van der Waals surface area contributed by atoms with Gasteiger partial charge in [0.1, 0.15) is 0 Å². The highest BCUT2D eigenvalue weighted by molar-refractivity contribution is 5.70.